The quantitative estimate of drug-likeness (QED) is 0.508. The molecule has 0 saturated carbocycles. The molecule has 1 unspecified atom stereocenters. The third-order valence-electron chi connectivity index (χ3n) is 4.24. The molecule has 156 valence electrons. The normalized spacial score (nSPS) is 12.0. The summed E-state index contributed by atoms with van der Waals surface area (Å²) in [4.78, 5) is 8.01. The van der Waals surface area contributed by atoms with Crippen molar-refractivity contribution in [1.82, 2.24) is 9.97 Å². The second-order valence-electron chi connectivity index (χ2n) is 6.13. The van der Waals surface area contributed by atoms with Gasteiger partial charge in [0.1, 0.15) is 17.3 Å². The van der Waals surface area contributed by atoms with E-state index in [2.05, 4.69) is 21.3 Å². The fourth-order valence-electron chi connectivity index (χ4n) is 2.76. The molecule has 8 heteroatoms. The molecule has 1 atom stereocenters. The average Bonchev–Trinajstić information content (AvgIpc) is 2.74. The molecule has 3 aromatic rings. The fraction of sp³-hybridized carbons (Fsp3) is 0.0909. The number of hydrogen-bond acceptors (Lipinski definition) is 5. The van der Waals surface area contributed by atoms with Gasteiger partial charge in [0, 0.05) is 6.20 Å². The molecule has 6 nitrogen and oxygen atoms in total. The topological polar surface area (TPSA) is 81.2 Å². The molecule has 0 spiro atoms. The van der Waals surface area contributed by atoms with Crippen LogP contribution in [0.3, 0.4) is 0 Å². The van der Waals surface area contributed by atoms with E-state index in [0.29, 0.717) is 22.6 Å². The van der Waals surface area contributed by atoms with Crippen molar-refractivity contribution in [2.24, 2.45) is 0 Å². The van der Waals surface area contributed by atoms with Crippen molar-refractivity contribution >= 4 is 40.3 Å². The van der Waals surface area contributed by atoms with Crippen LogP contribution in [0.15, 0.2) is 79.8 Å². The Hall–Kier alpha value is -3.16. The lowest BCUT2D eigenvalue weighted by atomic mass is 10.1. The second-order valence-corrected chi connectivity index (χ2v) is 7.93. The van der Waals surface area contributed by atoms with Crippen molar-refractivity contribution in [3.05, 3.63) is 96.6 Å². The van der Waals surface area contributed by atoms with E-state index >= 15 is 0 Å². The van der Waals surface area contributed by atoms with E-state index in [9.17, 15) is 8.42 Å². The minimum atomic E-state index is -3.77. The van der Waals surface area contributed by atoms with Crippen molar-refractivity contribution in [2.75, 3.05) is 11.8 Å². The van der Waals surface area contributed by atoms with Crippen LogP contribution in [0.5, 0.6) is 5.75 Å². The van der Waals surface area contributed by atoms with E-state index in [4.69, 9.17) is 4.74 Å². The molecule has 0 aliphatic rings. The van der Waals surface area contributed by atoms with Gasteiger partial charge in [-0.2, -0.15) is 0 Å². The van der Waals surface area contributed by atoms with Gasteiger partial charge in [-0.15, -0.1) is 19.0 Å². The van der Waals surface area contributed by atoms with Crippen LogP contribution >= 0.6 is 12.4 Å². The molecule has 0 aliphatic heterocycles. The third-order valence-corrected chi connectivity index (χ3v) is 5.88. The number of hydrogen-bond donors (Lipinski definition) is 1. The lowest BCUT2D eigenvalue weighted by Gasteiger charge is -2.17. The molecule has 1 N–H and O–H groups in total. The molecule has 1 heterocycles. The Bertz CT molecular complexity index is 1100. The Morgan fingerprint density at radius 3 is 2.43 bits per heavy atom. The Balaban J connectivity index is 0.00000320. The van der Waals surface area contributed by atoms with Crippen LogP contribution in [0.25, 0.3) is 12.2 Å². The summed E-state index contributed by atoms with van der Waals surface area (Å²) in [6.45, 7) is 3.71. The first-order valence-corrected chi connectivity index (χ1v) is 10.4. The van der Waals surface area contributed by atoms with E-state index in [1.807, 2.05) is 12.1 Å². The molecule has 0 fully saturated rings. The lowest BCUT2D eigenvalue weighted by molar-refractivity contribution is 0.414. The third kappa shape index (κ3) is 5.68. The van der Waals surface area contributed by atoms with Gasteiger partial charge in [0.15, 0.2) is 0 Å². The maximum absolute atomic E-state index is 13.1. The zero-order valence-electron chi connectivity index (χ0n) is 16.3. The first kappa shape index (κ1) is 23.1. The highest BCUT2D eigenvalue weighted by molar-refractivity contribution is 7.93. The minimum absolute atomic E-state index is 0. The van der Waals surface area contributed by atoms with E-state index in [1.54, 1.807) is 67.9 Å². The van der Waals surface area contributed by atoms with Crippen LogP contribution in [-0.4, -0.2) is 25.5 Å². The van der Waals surface area contributed by atoms with Gasteiger partial charge in [0.2, 0.25) is 10.0 Å². The summed E-state index contributed by atoms with van der Waals surface area (Å²) in [5.41, 5.74) is 2.51. The molecule has 3 rings (SSSR count). The summed E-state index contributed by atoms with van der Waals surface area (Å²) in [5.74, 6) is 0.655. The molecular formula is C22H22ClN3O3S. The van der Waals surface area contributed by atoms with Crippen molar-refractivity contribution < 1.29 is 13.2 Å². The Morgan fingerprint density at radius 1 is 1.07 bits per heavy atom. The summed E-state index contributed by atoms with van der Waals surface area (Å²) >= 11 is 0. The maximum Gasteiger partial charge on any atom is 0.243 e. The number of para-hydroxylation sites is 1. The number of methoxy groups -OCH3 is 1. The molecule has 0 radical (unpaired) electrons. The van der Waals surface area contributed by atoms with Crippen molar-refractivity contribution in [2.45, 2.75) is 5.25 Å². The predicted molar refractivity (Wildman–Crippen MR) is 123 cm³/mol. The van der Waals surface area contributed by atoms with Gasteiger partial charge in [-0.25, -0.2) is 18.4 Å². The van der Waals surface area contributed by atoms with Gasteiger partial charge >= 0.3 is 0 Å². The smallest absolute Gasteiger partial charge is 0.243 e. The molecule has 2 aromatic carbocycles. The standard InChI is InChI=1S/C22H21N3O3S.ClH/c1-3-22(18-9-12-20(28-2)13-10-18)29(26,27)25-21-7-5-4-6-17(21)8-11-19-14-15-23-16-24-19;/h3-16,22,25H,1H2,2H3;1H. The zero-order valence-corrected chi connectivity index (χ0v) is 17.9. The SMILES string of the molecule is C=CC(c1ccc(OC)cc1)S(=O)(=O)Nc1ccccc1C=Cc1ccncn1.Cl. The second kappa shape index (κ2) is 10.6. The number of nitrogens with one attached hydrogen (secondary N) is 1. The lowest BCUT2D eigenvalue weighted by Crippen LogP contribution is -2.20. The first-order valence-electron chi connectivity index (χ1n) is 8.85. The summed E-state index contributed by atoms with van der Waals surface area (Å²) in [6, 6.07) is 15.8. The highest BCUT2D eigenvalue weighted by Crippen LogP contribution is 2.29. The number of aromatic nitrogens is 2. The van der Waals surface area contributed by atoms with Crippen LogP contribution in [0.4, 0.5) is 5.69 Å². The number of ether oxygens (including phenoxy) is 1. The van der Waals surface area contributed by atoms with Crippen molar-refractivity contribution in [1.29, 1.82) is 0 Å². The molecule has 0 amide bonds. The Kier molecular flexibility index (Phi) is 8.15. The number of benzene rings is 2. The Labute approximate surface area is 182 Å². The molecule has 1 aromatic heterocycles. The monoisotopic (exact) mass is 443 g/mol. The zero-order chi connectivity index (χ0) is 20.7. The van der Waals surface area contributed by atoms with Gasteiger partial charge in [-0.1, -0.05) is 42.5 Å². The van der Waals surface area contributed by atoms with Gasteiger partial charge in [-0.3, -0.25) is 4.72 Å². The molecule has 0 aliphatic carbocycles. The molecule has 30 heavy (non-hydrogen) atoms. The number of halogens is 1. The van der Waals surface area contributed by atoms with E-state index in [-0.39, 0.29) is 12.4 Å². The van der Waals surface area contributed by atoms with Gasteiger partial charge < -0.3 is 4.74 Å². The van der Waals surface area contributed by atoms with E-state index in [0.717, 1.165) is 5.69 Å². The number of rotatable bonds is 8. The van der Waals surface area contributed by atoms with Crippen molar-refractivity contribution in [3.8, 4) is 5.75 Å². The summed E-state index contributed by atoms with van der Waals surface area (Å²) in [6.07, 6.45) is 8.10. The molecule has 0 saturated heterocycles. The number of nitrogens with zero attached hydrogens (tertiary/aromatic N) is 2. The Morgan fingerprint density at radius 2 is 1.80 bits per heavy atom. The van der Waals surface area contributed by atoms with Gasteiger partial charge in [-0.05, 0) is 41.5 Å². The largest absolute Gasteiger partial charge is 0.497 e. The van der Waals surface area contributed by atoms with Gasteiger partial charge in [0.05, 0.1) is 18.5 Å². The highest BCUT2D eigenvalue weighted by Gasteiger charge is 2.25. The van der Waals surface area contributed by atoms with E-state index < -0.39 is 15.3 Å². The van der Waals surface area contributed by atoms with Crippen molar-refractivity contribution in [3.63, 3.8) is 0 Å². The number of sulfonamides is 1. The summed E-state index contributed by atoms with van der Waals surface area (Å²) in [5, 5.41) is -0.910. The highest BCUT2D eigenvalue weighted by atomic mass is 35.5. The fourth-order valence-corrected chi connectivity index (χ4v) is 4.15. The minimum Gasteiger partial charge on any atom is -0.497 e. The predicted octanol–water partition coefficient (Wildman–Crippen LogP) is 4.75. The van der Waals surface area contributed by atoms with Crippen LogP contribution in [0, 0.1) is 0 Å². The summed E-state index contributed by atoms with van der Waals surface area (Å²) < 4.78 is 33.9. The van der Waals surface area contributed by atoms with Crippen LogP contribution < -0.4 is 9.46 Å². The number of anilines is 1. The maximum atomic E-state index is 13.1. The molecule has 0 bridgehead atoms. The van der Waals surface area contributed by atoms with Crippen LogP contribution in [0.2, 0.25) is 0 Å². The summed E-state index contributed by atoms with van der Waals surface area (Å²) in [7, 11) is -2.21. The van der Waals surface area contributed by atoms with Crippen LogP contribution in [-0.2, 0) is 10.0 Å². The van der Waals surface area contributed by atoms with Gasteiger partial charge in [0.25, 0.3) is 0 Å². The first-order chi connectivity index (χ1) is 14.0. The van der Waals surface area contributed by atoms with E-state index in [1.165, 1.54) is 12.4 Å². The molecular weight excluding hydrogens is 422 g/mol. The average molecular weight is 444 g/mol. The van der Waals surface area contributed by atoms with Crippen LogP contribution in [0.1, 0.15) is 22.1 Å².